The zero-order valence-corrected chi connectivity index (χ0v) is 7.91. The molecule has 0 saturated carbocycles. The summed E-state index contributed by atoms with van der Waals surface area (Å²) >= 11 is 0. The Balaban J connectivity index is 4.01. The van der Waals surface area contributed by atoms with Crippen molar-refractivity contribution in [2.24, 2.45) is 5.41 Å². The lowest BCUT2D eigenvalue weighted by Gasteiger charge is -2.23. The lowest BCUT2D eigenvalue weighted by molar-refractivity contribution is 0.404. The van der Waals surface area contributed by atoms with Gasteiger partial charge in [0.1, 0.15) is 0 Å². The number of hydrogen-bond acceptors (Lipinski definition) is 0. The van der Waals surface area contributed by atoms with E-state index in [9.17, 15) is 0 Å². The Kier molecular flexibility index (Phi) is 3.97. The maximum absolute atomic E-state index is 5.28. The first-order valence-electron chi connectivity index (χ1n) is 4.20. The molecule has 0 atom stereocenters. The lowest BCUT2D eigenvalue weighted by atomic mass is 9.81. The van der Waals surface area contributed by atoms with Crippen molar-refractivity contribution in [2.45, 2.75) is 40.0 Å². The van der Waals surface area contributed by atoms with E-state index in [4.69, 9.17) is 6.42 Å². The zero-order valence-electron chi connectivity index (χ0n) is 7.91. The zero-order chi connectivity index (χ0) is 8.91. The van der Waals surface area contributed by atoms with Crippen LogP contribution in [0, 0.1) is 17.8 Å². The molecular formula is C11H18. The van der Waals surface area contributed by atoms with Gasteiger partial charge in [-0.15, -0.1) is 6.42 Å². The third-order valence-corrected chi connectivity index (χ3v) is 2.15. The van der Waals surface area contributed by atoms with E-state index in [0.29, 0.717) is 0 Å². The monoisotopic (exact) mass is 150 g/mol. The van der Waals surface area contributed by atoms with Crippen molar-refractivity contribution in [3.63, 3.8) is 0 Å². The van der Waals surface area contributed by atoms with Gasteiger partial charge in [-0.3, -0.25) is 0 Å². The second kappa shape index (κ2) is 4.23. The summed E-state index contributed by atoms with van der Waals surface area (Å²) in [5.41, 5.74) is 1.05. The number of hydrogen-bond donors (Lipinski definition) is 0. The highest BCUT2D eigenvalue weighted by molar-refractivity contribution is 5.27. The van der Waals surface area contributed by atoms with E-state index < -0.39 is 0 Å². The van der Waals surface area contributed by atoms with Crippen LogP contribution in [-0.4, -0.2) is 0 Å². The Hall–Kier alpha value is -0.700. The molecule has 0 N–H and O–H groups in total. The quantitative estimate of drug-likeness (QED) is 0.539. The fourth-order valence-electron chi connectivity index (χ4n) is 0.965. The first-order valence-corrected chi connectivity index (χ1v) is 4.20. The predicted molar refractivity (Wildman–Crippen MR) is 51.3 cm³/mol. The summed E-state index contributed by atoms with van der Waals surface area (Å²) in [7, 11) is 0. The highest BCUT2D eigenvalue weighted by atomic mass is 14.2. The molecule has 0 aromatic rings. The molecule has 0 aliphatic heterocycles. The highest BCUT2D eigenvalue weighted by Gasteiger charge is 2.18. The summed E-state index contributed by atoms with van der Waals surface area (Å²) in [6.07, 6.45) is 8.88. The van der Waals surface area contributed by atoms with Gasteiger partial charge in [-0.05, 0) is 11.8 Å². The fraction of sp³-hybridized carbons (Fsp3) is 0.636. The van der Waals surface area contributed by atoms with Crippen LogP contribution in [-0.2, 0) is 0 Å². The van der Waals surface area contributed by atoms with Gasteiger partial charge in [0.15, 0.2) is 0 Å². The molecule has 0 unspecified atom stereocenters. The Labute approximate surface area is 70.7 Å². The molecule has 0 saturated heterocycles. The van der Waals surface area contributed by atoms with E-state index in [0.717, 1.165) is 12.0 Å². The molecule has 0 nitrogen and oxygen atoms in total. The molecule has 62 valence electrons. The van der Waals surface area contributed by atoms with Crippen LogP contribution in [0.4, 0.5) is 0 Å². The van der Waals surface area contributed by atoms with E-state index in [2.05, 4.69) is 33.3 Å². The van der Waals surface area contributed by atoms with Crippen LogP contribution in [0.15, 0.2) is 12.2 Å². The fourth-order valence-corrected chi connectivity index (χ4v) is 0.965. The maximum Gasteiger partial charge on any atom is 0.000215 e. The van der Waals surface area contributed by atoms with Crippen molar-refractivity contribution >= 4 is 0 Å². The van der Waals surface area contributed by atoms with Gasteiger partial charge < -0.3 is 0 Å². The average molecular weight is 150 g/mol. The van der Waals surface area contributed by atoms with Crippen LogP contribution in [0.5, 0.6) is 0 Å². The molecule has 0 spiro atoms. The minimum Gasteiger partial charge on any atom is -0.115 e. The van der Waals surface area contributed by atoms with Crippen molar-refractivity contribution in [2.75, 3.05) is 0 Å². The molecule has 0 bridgehead atoms. The van der Waals surface area contributed by atoms with Crippen molar-refractivity contribution in [1.29, 1.82) is 0 Å². The molecule has 0 aromatic heterocycles. The summed E-state index contributed by atoms with van der Waals surface area (Å²) in [5, 5.41) is 0. The van der Waals surface area contributed by atoms with Gasteiger partial charge in [0.25, 0.3) is 0 Å². The molecule has 0 aliphatic rings. The normalized spacial score (nSPS) is 10.7. The van der Waals surface area contributed by atoms with Crippen LogP contribution in [0.2, 0.25) is 0 Å². The van der Waals surface area contributed by atoms with Gasteiger partial charge in [0.05, 0.1) is 0 Å². The SMILES string of the molecule is C#CC(=C)C(C)(C)CCCC. The maximum atomic E-state index is 5.28. The second-order valence-corrected chi connectivity index (χ2v) is 3.61. The Bertz CT molecular complexity index is 167. The van der Waals surface area contributed by atoms with Gasteiger partial charge in [0, 0.05) is 5.57 Å². The highest BCUT2D eigenvalue weighted by Crippen LogP contribution is 2.30. The summed E-state index contributed by atoms with van der Waals surface area (Å²) in [6.45, 7) is 10.4. The Morgan fingerprint density at radius 1 is 1.55 bits per heavy atom. The van der Waals surface area contributed by atoms with E-state index in [1.807, 2.05) is 0 Å². The third kappa shape index (κ3) is 3.28. The molecule has 0 aromatic carbocycles. The third-order valence-electron chi connectivity index (χ3n) is 2.15. The van der Waals surface area contributed by atoms with E-state index in [-0.39, 0.29) is 5.41 Å². The van der Waals surface area contributed by atoms with Crippen LogP contribution >= 0.6 is 0 Å². The van der Waals surface area contributed by atoms with Gasteiger partial charge in [-0.1, -0.05) is 46.1 Å². The van der Waals surface area contributed by atoms with Gasteiger partial charge >= 0.3 is 0 Å². The molecule has 0 heteroatoms. The van der Waals surface area contributed by atoms with Crippen molar-refractivity contribution in [3.8, 4) is 12.3 Å². The molecule has 0 aliphatic carbocycles. The van der Waals surface area contributed by atoms with Gasteiger partial charge in [0.2, 0.25) is 0 Å². The number of terminal acetylenes is 1. The van der Waals surface area contributed by atoms with Crippen LogP contribution in [0.25, 0.3) is 0 Å². The summed E-state index contributed by atoms with van der Waals surface area (Å²) in [4.78, 5) is 0. The molecule has 0 fully saturated rings. The predicted octanol–water partition coefficient (Wildman–Crippen LogP) is 3.39. The summed E-state index contributed by atoms with van der Waals surface area (Å²) < 4.78 is 0. The van der Waals surface area contributed by atoms with Crippen molar-refractivity contribution < 1.29 is 0 Å². The van der Waals surface area contributed by atoms with Crippen molar-refractivity contribution in [1.82, 2.24) is 0 Å². The first kappa shape index (κ1) is 10.3. The van der Waals surface area contributed by atoms with Gasteiger partial charge in [-0.25, -0.2) is 0 Å². The van der Waals surface area contributed by atoms with Crippen LogP contribution in [0.1, 0.15) is 40.0 Å². The largest absolute Gasteiger partial charge is 0.115 e. The second-order valence-electron chi connectivity index (χ2n) is 3.61. The van der Waals surface area contributed by atoms with E-state index in [1.165, 1.54) is 12.8 Å². The smallest absolute Gasteiger partial charge is 0.000215 e. The van der Waals surface area contributed by atoms with E-state index >= 15 is 0 Å². The average Bonchev–Trinajstić information content (AvgIpc) is 1.99. The Morgan fingerprint density at radius 3 is 2.45 bits per heavy atom. The molecule has 0 radical (unpaired) electrons. The molecule has 0 heterocycles. The minimum absolute atomic E-state index is 0.130. The summed E-state index contributed by atoms with van der Waals surface area (Å²) in [5.74, 6) is 2.62. The van der Waals surface area contributed by atoms with E-state index in [1.54, 1.807) is 0 Å². The summed E-state index contributed by atoms with van der Waals surface area (Å²) in [6, 6.07) is 0. The number of allylic oxidation sites excluding steroid dienone is 1. The lowest BCUT2D eigenvalue weighted by Crippen LogP contribution is -2.12. The van der Waals surface area contributed by atoms with Crippen LogP contribution < -0.4 is 0 Å². The Morgan fingerprint density at radius 2 is 2.09 bits per heavy atom. The standard InChI is InChI=1S/C11H18/c1-6-8-9-11(4,5)10(3)7-2/h2H,3,6,8-9H2,1,4-5H3. The topological polar surface area (TPSA) is 0 Å². The molecule has 11 heavy (non-hydrogen) atoms. The number of rotatable bonds is 4. The van der Waals surface area contributed by atoms with Crippen molar-refractivity contribution in [3.05, 3.63) is 12.2 Å². The van der Waals surface area contributed by atoms with Gasteiger partial charge in [-0.2, -0.15) is 0 Å². The van der Waals surface area contributed by atoms with Crippen LogP contribution in [0.3, 0.4) is 0 Å². The molecular weight excluding hydrogens is 132 g/mol. The minimum atomic E-state index is 0.130. The first-order chi connectivity index (χ1) is 5.04. The molecule has 0 amide bonds. The molecule has 0 rings (SSSR count). The number of unbranched alkanes of at least 4 members (excludes halogenated alkanes) is 1.